The number of fused-ring (bicyclic) bond motifs is 2. The lowest BCUT2D eigenvalue weighted by molar-refractivity contribution is -0.141. The minimum absolute atomic E-state index is 0.0140. The van der Waals surface area contributed by atoms with Crippen molar-refractivity contribution >= 4 is 64.9 Å². The molecule has 2 aliphatic rings. The van der Waals surface area contributed by atoms with Crippen LogP contribution in [0.25, 0.3) is 0 Å². The summed E-state index contributed by atoms with van der Waals surface area (Å²) in [7, 11) is 0. The van der Waals surface area contributed by atoms with Gasteiger partial charge in [0.15, 0.2) is 0 Å². The average Bonchev–Trinajstić information content (AvgIpc) is 3.18. The van der Waals surface area contributed by atoms with Crippen molar-refractivity contribution in [1.29, 1.82) is 0 Å². The quantitative estimate of drug-likeness (QED) is 0.152. The Morgan fingerprint density at radius 2 is 1.61 bits per heavy atom. The number of aromatic nitrogens is 1. The van der Waals surface area contributed by atoms with Crippen molar-refractivity contribution in [3.63, 3.8) is 0 Å². The number of aliphatic carboxylic acids is 1. The number of hydrogen-bond acceptors (Lipinski definition) is 11. The van der Waals surface area contributed by atoms with E-state index in [4.69, 9.17) is 14.8 Å². The zero-order valence-electron chi connectivity index (χ0n) is 35.4. The summed E-state index contributed by atoms with van der Waals surface area (Å²) < 4.78 is 5.61. The molecule has 1 aromatic rings. The van der Waals surface area contributed by atoms with E-state index in [1.165, 1.54) is 11.8 Å². The fourth-order valence-electron chi connectivity index (χ4n) is 6.74. The molecule has 0 unspecified atom stereocenters. The van der Waals surface area contributed by atoms with E-state index in [9.17, 15) is 33.6 Å². The molecule has 0 aliphatic carbocycles. The molecule has 2 bridgehead atoms. The molecule has 2 aliphatic heterocycles. The zero-order chi connectivity index (χ0) is 43.5. The Morgan fingerprint density at radius 1 is 0.932 bits per heavy atom. The number of carboxylic acids is 1. The topological polar surface area (TPSA) is 234 Å². The third-order valence-corrected chi connectivity index (χ3v) is 12.3. The van der Waals surface area contributed by atoms with Crippen LogP contribution in [0.4, 0.5) is 0 Å². The number of thioether (sulfide) groups is 2. The largest absolute Gasteiger partial charge is 0.481 e. The molecule has 7 N–H and O–H groups in total. The summed E-state index contributed by atoms with van der Waals surface area (Å²) in [5.74, 6) is -2.63. The van der Waals surface area contributed by atoms with Crippen LogP contribution in [0.5, 0.6) is 0 Å². The highest BCUT2D eigenvalue weighted by molar-refractivity contribution is 7.98. The molecular weight excluding hydrogens is 799 g/mol. The highest BCUT2D eigenvalue weighted by Crippen LogP contribution is 2.24. The van der Waals surface area contributed by atoms with Gasteiger partial charge in [0.1, 0.15) is 29.7 Å². The fourth-order valence-corrected chi connectivity index (χ4v) is 8.45. The standard InChI is InChI=1S/C41H65N7O9S2/c1-7-27(6)35-39(55)42-16-19-58-22-28-10-8-11-29(43-28)23-59-24-32(45-36(52)30(20-25(2)3)44-33(49)12-9-13-34(50)51)38(54)48-41(14-17-57-18-15-41)40(56)46-31(21-26(4)5)37(53)47-35/h8,10-11,25-27,30-32,35H,7,9,12-24H2,1-6H3,(H,42,55)(H,44,49)(H,45,52)(H,46,56)(H,47,53)(H,48,54)(H,50,51)/t27-,30+,31-,32-,35-/m0/s1. The van der Waals surface area contributed by atoms with Crippen molar-refractivity contribution in [2.75, 3.05) is 31.3 Å². The molecule has 3 heterocycles. The number of rotatable bonds is 13. The van der Waals surface area contributed by atoms with Gasteiger partial charge in [-0.05, 0) is 49.1 Å². The van der Waals surface area contributed by atoms with Crippen molar-refractivity contribution in [3.05, 3.63) is 29.6 Å². The average molecular weight is 864 g/mol. The molecule has 5 atom stereocenters. The van der Waals surface area contributed by atoms with Gasteiger partial charge in [-0.3, -0.25) is 38.5 Å². The Kier molecular flexibility index (Phi) is 21.0. The van der Waals surface area contributed by atoms with E-state index in [0.29, 0.717) is 30.2 Å². The van der Waals surface area contributed by atoms with Gasteiger partial charge in [0.2, 0.25) is 35.4 Å². The van der Waals surface area contributed by atoms with Crippen LogP contribution < -0.4 is 31.9 Å². The van der Waals surface area contributed by atoms with Crippen LogP contribution in [0.15, 0.2) is 18.2 Å². The van der Waals surface area contributed by atoms with Crippen LogP contribution in [-0.4, -0.2) is 112 Å². The third kappa shape index (κ3) is 16.9. The maximum atomic E-state index is 14.4. The predicted molar refractivity (Wildman–Crippen MR) is 228 cm³/mol. The molecule has 1 fully saturated rings. The Bertz CT molecular complexity index is 1590. The first-order valence-electron chi connectivity index (χ1n) is 20.7. The molecule has 1 aromatic heterocycles. The van der Waals surface area contributed by atoms with E-state index in [1.54, 1.807) is 11.8 Å². The van der Waals surface area contributed by atoms with Crippen LogP contribution in [0, 0.1) is 17.8 Å². The third-order valence-electron chi connectivity index (χ3n) is 10.2. The van der Waals surface area contributed by atoms with E-state index < -0.39 is 65.2 Å². The van der Waals surface area contributed by atoms with Gasteiger partial charge in [0, 0.05) is 68.5 Å². The number of carboxylic acid groups (broad SMARTS) is 1. The normalized spacial score (nSPS) is 22.4. The van der Waals surface area contributed by atoms with Crippen LogP contribution in [-0.2, 0) is 49.8 Å². The number of carbonyl (C=O) groups excluding carboxylic acids is 6. The molecule has 59 heavy (non-hydrogen) atoms. The van der Waals surface area contributed by atoms with Gasteiger partial charge in [0.25, 0.3) is 0 Å². The van der Waals surface area contributed by atoms with Gasteiger partial charge < -0.3 is 41.7 Å². The Labute approximate surface area is 356 Å². The van der Waals surface area contributed by atoms with Crippen LogP contribution in [0.2, 0.25) is 0 Å². The molecule has 330 valence electrons. The maximum Gasteiger partial charge on any atom is 0.303 e. The number of amides is 6. The van der Waals surface area contributed by atoms with E-state index in [0.717, 1.165) is 11.4 Å². The van der Waals surface area contributed by atoms with Gasteiger partial charge >= 0.3 is 5.97 Å². The molecule has 16 nitrogen and oxygen atoms in total. The Hall–Kier alpha value is -3.90. The summed E-state index contributed by atoms with van der Waals surface area (Å²) in [6, 6.07) is 1.68. The lowest BCUT2D eigenvalue weighted by Crippen LogP contribution is -2.67. The van der Waals surface area contributed by atoms with Gasteiger partial charge in [-0.2, -0.15) is 23.5 Å². The predicted octanol–water partition coefficient (Wildman–Crippen LogP) is 2.68. The second-order valence-corrected chi connectivity index (χ2v) is 18.4. The van der Waals surface area contributed by atoms with Gasteiger partial charge in [-0.1, -0.05) is 54.0 Å². The molecular formula is C41H65N7O9S2. The maximum absolute atomic E-state index is 14.4. The van der Waals surface area contributed by atoms with Crippen LogP contribution in [0.1, 0.15) is 104 Å². The van der Waals surface area contributed by atoms with Crippen molar-refractivity contribution in [2.24, 2.45) is 17.8 Å². The van der Waals surface area contributed by atoms with Gasteiger partial charge in [0.05, 0.1) is 11.4 Å². The van der Waals surface area contributed by atoms with Crippen LogP contribution >= 0.6 is 23.5 Å². The Balaban J connectivity index is 1.99. The summed E-state index contributed by atoms with van der Waals surface area (Å²) in [5.41, 5.74) is 0.115. The number of nitrogens with zero attached hydrogens (tertiary/aromatic N) is 1. The first-order chi connectivity index (χ1) is 28.0. The molecule has 0 saturated carbocycles. The summed E-state index contributed by atoms with van der Waals surface area (Å²) in [4.78, 5) is 98.8. The van der Waals surface area contributed by atoms with Crippen LogP contribution in [0.3, 0.4) is 0 Å². The zero-order valence-corrected chi connectivity index (χ0v) is 37.0. The minimum atomic E-state index is -1.49. The van der Waals surface area contributed by atoms with Gasteiger partial charge in [-0.15, -0.1) is 0 Å². The van der Waals surface area contributed by atoms with E-state index in [2.05, 4.69) is 31.9 Å². The van der Waals surface area contributed by atoms with Crippen molar-refractivity contribution in [1.82, 2.24) is 36.9 Å². The summed E-state index contributed by atoms with van der Waals surface area (Å²) in [6.07, 6.45) is 1.18. The van der Waals surface area contributed by atoms with Crippen molar-refractivity contribution in [2.45, 2.75) is 134 Å². The second-order valence-electron chi connectivity index (χ2n) is 16.2. The fraction of sp³-hybridized carbons (Fsp3) is 0.707. The minimum Gasteiger partial charge on any atom is -0.481 e. The summed E-state index contributed by atoms with van der Waals surface area (Å²) in [6.45, 7) is 12.1. The van der Waals surface area contributed by atoms with E-state index in [1.807, 2.05) is 59.7 Å². The van der Waals surface area contributed by atoms with Gasteiger partial charge in [-0.25, -0.2) is 0 Å². The number of pyridine rings is 1. The lowest BCUT2D eigenvalue weighted by Gasteiger charge is -2.39. The second kappa shape index (κ2) is 25.0. The summed E-state index contributed by atoms with van der Waals surface area (Å²) >= 11 is 2.98. The SMILES string of the molecule is CC[C@H](C)[C@@H]1NC(=O)[C@H](CC(C)C)NC(=O)C2(CCOCC2)NC(=O)[C@@H](NC(=O)[C@@H](CC(C)C)NC(=O)CCCC(=O)O)CSCc2cccc(n2)CSCCNC1=O. The van der Waals surface area contributed by atoms with Crippen molar-refractivity contribution in [3.8, 4) is 0 Å². The molecule has 18 heteroatoms. The monoisotopic (exact) mass is 863 g/mol. The highest BCUT2D eigenvalue weighted by atomic mass is 32.2. The smallest absolute Gasteiger partial charge is 0.303 e. The molecule has 1 spiro atoms. The highest BCUT2D eigenvalue weighted by Gasteiger charge is 2.44. The number of carbonyl (C=O) groups is 7. The lowest BCUT2D eigenvalue weighted by atomic mass is 9.87. The number of ether oxygens (including phenoxy) is 1. The molecule has 0 radical (unpaired) electrons. The summed E-state index contributed by atoms with van der Waals surface area (Å²) in [5, 5.41) is 26.3. The molecule has 0 aromatic carbocycles. The first-order valence-corrected chi connectivity index (χ1v) is 23.0. The van der Waals surface area contributed by atoms with Crippen molar-refractivity contribution < 1.29 is 43.4 Å². The molecule has 6 amide bonds. The first kappa shape index (κ1) is 49.5. The van der Waals surface area contributed by atoms with E-state index in [-0.39, 0.29) is 87.6 Å². The molecule has 3 rings (SSSR count). The number of hydrogen-bond donors (Lipinski definition) is 7. The Morgan fingerprint density at radius 3 is 2.24 bits per heavy atom. The number of nitrogens with one attached hydrogen (secondary N) is 6. The molecule has 1 saturated heterocycles. The van der Waals surface area contributed by atoms with E-state index >= 15 is 0 Å².